The molecule has 132 valence electrons. The first-order valence-corrected chi connectivity index (χ1v) is 9.28. The SMILES string of the molecule is CC(C)CCNC(=O)c1ccc(CN2CCc3ccccc3C2)cc1. The summed E-state index contributed by atoms with van der Waals surface area (Å²) in [7, 11) is 0. The molecule has 1 amide bonds. The van der Waals surface area contributed by atoms with Crippen molar-refractivity contribution in [2.24, 2.45) is 5.92 Å². The van der Waals surface area contributed by atoms with Crippen molar-refractivity contribution in [3.8, 4) is 0 Å². The van der Waals surface area contributed by atoms with Crippen molar-refractivity contribution in [3.05, 3.63) is 70.8 Å². The number of hydrogen-bond acceptors (Lipinski definition) is 2. The molecule has 0 aromatic heterocycles. The molecule has 0 aliphatic carbocycles. The third-order valence-electron chi connectivity index (χ3n) is 4.84. The van der Waals surface area contributed by atoms with Gasteiger partial charge in [0.25, 0.3) is 5.91 Å². The molecule has 0 atom stereocenters. The van der Waals surface area contributed by atoms with E-state index in [0.29, 0.717) is 5.92 Å². The number of hydrogen-bond donors (Lipinski definition) is 1. The fourth-order valence-corrected chi connectivity index (χ4v) is 3.29. The van der Waals surface area contributed by atoms with Crippen LogP contribution in [0.4, 0.5) is 0 Å². The van der Waals surface area contributed by atoms with Crippen molar-refractivity contribution >= 4 is 5.91 Å². The molecule has 0 fully saturated rings. The first-order chi connectivity index (χ1) is 12.1. The summed E-state index contributed by atoms with van der Waals surface area (Å²) in [6.07, 6.45) is 2.13. The molecule has 0 spiro atoms. The van der Waals surface area contributed by atoms with Gasteiger partial charge in [0, 0.05) is 31.7 Å². The molecule has 2 aromatic rings. The lowest BCUT2D eigenvalue weighted by molar-refractivity contribution is 0.0952. The van der Waals surface area contributed by atoms with Crippen molar-refractivity contribution in [3.63, 3.8) is 0 Å². The zero-order valence-corrected chi connectivity index (χ0v) is 15.3. The van der Waals surface area contributed by atoms with Gasteiger partial charge in [0.2, 0.25) is 0 Å². The van der Waals surface area contributed by atoms with E-state index in [2.05, 4.69) is 60.5 Å². The van der Waals surface area contributed by atoms with Crippen LogP contribution in [0.15, 0.2) is 48.5 Å². The highest BCUT2D eigenvalue weighted by Crippen LogP contribution is 2.20. The van der Waals surface area contributed by atoms with E-state index in [1.165, 1.54) is 16.7 Å². The van der Waals surface area contributed by atoms with E-state index >= 15 is 0 Å². The Morgan fingerprint density at radius 3 is 2.52 bits per heavy atom. The van der Waals surface area contributed by atoms with E-state index in [9.17, 15) is 4.79 Å². The van der Waals surface area contributed by atoms with E-state index in [-0.39, 0.29) is 5.91 Å². The van der Waals surface area contributed by atoms with Gasteiger partial charge in [-0.25, -0.2) is 0 Å². The van der Waals surface area contributed by atoms with Gasteiger partial charge in [0.05, 0.1) is 0 Å². The van der Waals surface area contributed by atoms with Gasteiger partial charge in [-0.15, -0.1) is 0 Å². The lowest BCUT2D eigenvalue weighted by Gasteiger charge is -2.28. The maximum absolute atomic E-state index is 12.1. The molecule has 25 heavy (non-hydrogen) atoms. The zero-order valence-electron chi connectivity index (χ0n) is 15.3. The quantitative estimate of drug-likeness (QED) is 0.864. The van der Waals surface area contributed by atoms with Gasteiger partial charge in [-0.05, 0) is 47.6 Å². The van der Waals surface area contributed by atoms with Crippen LogP contribution in [0.25, 0.3) is 0 Å². The summed E-state index contributed by atoms with van der Waals surface area (Å²) in [6.45, 7) is 8.11. The Labute approximate surface area is 151 Å². The summed E-state index contributed by atoms with van der Waals surface area (Å²) in [5.41, 5.74) is 4.93. The first kappa shape index (κ1) is 17.7. The summed E-state index contributed by atoms with van der Waals surface area (Å²) in [6, 6.07) is 16.8. The molecule has 0 saturated carbocycles. The largest absolute Gasteiger partial charge is 0.352 e. The van der Waals surface area contributed by atoms with Crippen LogP contribution in [0, 0.1) is 5.92 Å². The fourth-order valence-electron chi connectivity index (χ4n) is 3.29. The standard InChI is InChI=1S/C22H28N2O/c1-17(2)11-13-23-22(25)20-9-7-18(8-10-20)15-24-14-12-19-5-3-4-6-21(19)16-24/h3-10,17H,11-16H2,1-2H3,(H,23,25). The smallest absolute Gasteiger partial charge is 0.251 e. The molecular formula is C22H28N2O. The molecule has 1 aliphatic rings. The number of fused-ring (bicyclic) bond motifs is 1. The third-order valence-corrected chi connectivity index (χ3v) is 4.84. The van der Waals surface area contributed by atoms with Crippen LogP contribution < -0.4 is 5.32 Å². The number of carbonyl (C=O) groups is 1. The van der Waals surface area contributed by atoms with Crippen molar-refractivity contribution in [1.29, 1.82) is 0 Å². The molecular weight excluding hydrogens is 308 g/mol. The molecule has 1 N–H and O–H groups in total. The minimum atomic E-state index is 0.0269. The van der Waals surface area contributed by atoms with Gasteiger partial charge < -0.3 is 5.32 Å². The van der Waals surface area contributed by atoms with Crippen LogP contribution >= 0.6 is 0 Å². The summed E-state index contributed by atoms with van der Waals surface area (Å²) in [5.74, 6) is 0.636. The van der Waals surface area contributed by atoms with E-state index in [4.69, 9.17) is 0 Å². The van der Waals surface area contributed by atoms with Crippen LogP contribution in [0.2, 0.25) is 0 Å². The molecule has 0 unspecified atom stereocenters. The maximum atomic E-state index is 12.1. The highest BCUT2D eigenvalue weighted by Gasteiger charge is 2.15. The van der Waals surface area contributed by atoms with E-state index in [1.807, 2.05) is 12.1 Å². The number of nitrogens with one attached hydrogen (secondary N) is 1. The third kappa shape index (κ3) is 4.93. The Kier molecular flexibility index (Phi) is 5.87. The first-order valence-electron chi connectivity index (χ1n) is 9.28. The normalized spacial score (nSPS) is 14.4. The van der Waals surface area contributed by atoms with E-state index < -0.39 is 0 Å². The molecule has 0 radical (unpaired) electrons. The number of nitrogens with zero attached hydrogens (tertiary/aromatic N) is 1. The summed E-state index contributed by atoms with van der Waals surface area (Å²) in [5, 5.41) is 2.99. The molecule has 3 heteroatoms. The van der Waals surface area contributed by atoms with Gasteiger partial charge >= 0.3 is 0 Å². The van der Waals surface area contributed by atoms with Gasteiger partial charge in [0.15, 0.2) is 0 Å². The van der Waals surface area contributed by atoms with Crippen LogP contribution in [-0.2, 0) is 19.5 Å². The number of amides is 1. The topological polar surface area (TPSA) is 32.3 Å². The monoisotopic (exact) mass is 336 g/mol. The van der Waals surface area contributed by atoms with Crippen LogP contribution in [0.3, 0.4) is 0 Å². The zero-order chi connectivity index (χ0) is 17.6. The second-order valence-electron chi connectivity index (χ2n) is 7.36. The van der Waals surface area contributed by atoms with Crippen LogP contribution in [0.1, 0.15) is 47.3 Å². The molecule has 1 aliphatic heterocycles. The predicted octanol–water partition coefficient (Wildman–Crippen LogP) is 4.02. The lowest BCUT2D eigenvalue weighted by atomic mass is 9.99. The van der Waals surface area contributed by atoms with Crippen molar-refractivity contribution in [2.45, 2.75) is 39.8 Å². The Bertz CT molecular complexity index is 706. The average molecular weight is 336 g/mol. The predicted molar refractivity (Wildman–Crippen MR) is 102 cm³/mol. The Hall–Kier alpha value is -2.13. The maximum Gasteiger partial charge on any atom is 0.251 e. The summed E-state index contributed by atoms with van der Waals surface area (Å²) < 4.78 is 0. The van der Waals surface area contributed by atoms with Crippen LogP contribution in [0.5, 0.6) is 0 Å². The van der Waals surface area contributed by atoms with Gasteiger partial charge in [-0.2, -0.15) is 0 Å². The molecule has 3 rings (SSSR count). The Balaban J connectivity index is 1.54. The average Bonchev–Trinajstić information content (AvgIpc) is 2.62. The minimum absolute atomic E-state index is 0.0269. The van der Waals surface area contributed by atoms with Gasteiger partial charge in [-0.1, -0.05) is 50.2 Å². The minimum Gasteiger partial charge on any atom is -0.352 e. The second-order valence-corrected chi connectivity index (χ2v) is 7.36. The summed E-state index contributed by atoms with van der Waals surface area (Å²) >= 11 is 0. The number of rotatable bonds is 6. The highest BCUT2D eigenvalue weighted by molar-refractivity contribution is 5.94. The van der Waals surface area contributed by atoms with Crippen molar-refractivity contribution < 1.29 is 4.79 Å². The molecule has 1 heterocycles. The lowest BCUT2D eigenvalue weighted by Crippen LogP contribution is -2.30. The molecule has 3 nitrogen and oxygen atoms in total. The van der Waals surface area contributed by atoms with E-state index in [0.717, 1.165) is 44.6 Å². The van der Waals surface area contributed by atoms with E-state index in [1.54, 1.807) is 0 Å². The molecule has 2 aromatic carbocycles. The van der Waals surface area contributed by atoms with Gasteiger partial charge in [0.1, 0.15) is 0 Å². The second kappa shape index (κ2) is 8.30. The number of benzene rings is 2. The van der Waals surface area contributed by atoms with Crippen LogP contribution in [-0.4, -0.2) is 23.9 Å². The van der Waals surface area contributed by atoms with Crippen molar-refractivity contribution in [1.82, 2.24) is 10.2 Å². The fraction of sp³-hybridized carbons (Fsp3) is 0.409. The Morgan fingerprint density at radius 1 is 1.08 bits per heavy atom. The van der Waals surface area contributed by atoms with Gasteiger partial charge in [-0.3, -0.25) is 9.69 Å². The Morgan fingerprint density at radius 2 is 1.80 bits per heavy atom. The van der Waals surface area contributed by atoms with Crippen molar-refractivity contribution in [2.75, 3.05) is 13.1 Å². The molecule has 0 bridgehead atoms. The highest BCUT2D eigenvalue weighted by atomic mass is 16.1. The summed E-state index contributed by atoms with van der Waals surface area (Å²) in [4.78, 5) is 14.6. The number of carbonyl (C=O) groups excluding carboxylic acids is 1. The molecule has 0 saturated heterocycles.